The van der Waals surface area contributed by atoms with Gasteiger partial charge >= 0.3 is 0 Å². The highest BCUT2D eigenvalue weighted by Gasteiger charge is 2.58. The lowest BCUT2D eigenvalue weighted by Crippen LogP contribution is -2.32. The van der Waals surface area contributed by atoms with Crippen LogP contribution in [0.4, 0.5) is 0 Å². The van der Waals surface area contributed by atoms with Crippen molar-refractivity contribution < 1.29 is 51.7 Å². The molecular weight excluding hydrogens is 954 g/mol. The summed E-state index contributed by atoms with van der Waals surface area (Å²) < 4.78 is 115. The van der Waals surface area contributed by atoms with Crippen LogP contribution in [-0.4, -0.2) is 196 Å². The molecule has 0 bridgehead atoms. The second-order valence-corrected chi connectivity index (χ2v) is 31.4. The van der Waals surface area contributed by atoms with E-state index in [0.717, 1.165) is 65.4 Å². The predicted molar refractivity (Wildman–Crippen MR) is 245 cm³/mol. The van der Waals surface area contributed by atoms with Gasteiger partial charge in [-0.3, -0.25) is 19.0 Å². The number of sulfonamides is 2. The van der Waals surface area contributed by atoms with Crippen LogP contribution in [0.15, 0.2) is 0 Å². The zero-order valence-corrected chi connectivity index (χ0v) is 42.8. The van der Waals surface area contributed by atoms with Gasteiger partial charge in [0.15, 0.2) is 0 Å². The fraction of sp³-hybridized carbons (Fsp3) is 0.949. The van der Waals surface area contributed by atoms with E-state index >= 15 is 0 Å². The molecule has 64 heavy (non-hydrogen) atoms. The summed E-state index contributed by atoms with van der Waals surface area (Å²) >= 11 is 0. The lowest BCUT2D eigenvalue weighted by atomic mass is 10.3. The zero-order chi connectivity index (χ0) is 47.5. The molecule has 370 valence electrons. The van der Waals surface area contributed by atoms with Crippen molar-refractivity contribution in [2.45, 2.75) is 13.8 Å². The van der Waals surface area contributed by atoms with Crippen LogP contribution in [0, 0.1) is 88.8 Å². The molecule has 10 unspecified atom stereocenters. The summed E-state index contributed by atoms with van der Waals surface area (Å²) in [5.74, 6) is 8.02. The molecule has 5 saturated heterocycles. The van der Waals surface area contributed by atoms with E-state index in [0.29, 0.717) is 88.4 Å². The minimum Gasteiger partial charge on any atom is -0.316 e. The van der Waals surface area contributed by atoms with E-state index in [4.69, 9.17) is 10.7 Å². The number of nitrogens with zero attached hydrogens (tertiary/aromatic N) is 3. The van der Waals surface area contributed by atoms with Crippen molar-refractivity contribution in [1.82, 2.24) is 34.8 Å². The van der Waals surface area contributed by atoms with Crippen LogP contribution in [0.2, 0.25) is 0 Å². The molecule has 4 N–H and O–H groups in total. The van der Waals surface area contributed by atoms with E-state index in [1.807, 2.05) is 16.5 Å². The lowest BCUT2D eigenvalue weighted by molar-refractivity contribution is -0.118. The van der Waals surface area contributed by atoms with E-state index < -0.39 is 60.6 Å². The molecule has 5 saturated carbocycles. The van der Waals surface area contributed by atoms with E-state index in [2.05, 4.69) is 39.4 Å². The second kappa shape index (κ2) is 19.6. The molecule has 10 aliphatic rings. The van der Waals surface area contributed by atoms with Crippen LogP contribution in [0.25, 0.3) is 0 Å². The Morgan fingerprint density at radius 1 is 0.453 bits per heavy atom. The first-order valence-corrected chi connectivity index (χ1v) is 32.1. The minimum atomic E-state index is -3.40. The highest BCUT2D eigenvalue weighted by Crippen LogP contribution is 2.54. The van der Waals surface area contributed by atoms with Crippen LogP contribution in [0.5, 0.6) is 0 Å². The number of nitrogens with one attached hydrogen (secondary N) is 4. The van der Waals surface area contributed by atoms with Crippen molar-refractivity contribution in [3.05, 3.63) is 0 Å². The number of fused-ring (bicyclic) bond motifs is 5. The van der Waals surface area contributed by atoms with Crippen molar-refractivity contribution in [3.63, 3.8) is 0 Å². The van der Waals surface area contributed by atoms with E-state index in [9.17, 15) is 51.7 Å². The van der Waals surface area contributed by atoms with Crippen LogP contribution < -0.4 is 20.1 Å². The number of sulfone groups is 2. The monoisotopic (exact) mass is 1020 g/mol. The van der Waals surface area contributed by atoms with Crippen molar-refractivity contribution in [3.8, 4) is 0 Å². The second-order valence-electron chi connectivity index (χ2n) is 20.7. The topological polar surface area (TPSA) is 263 Å². The minimum absolute atomic E-state index is 0.101. The summed E-state index contributed by atoms with van der Waals surface area (Å²) in [5.41, 5.74) is 0. The third-order valence-corrected chi connectivity index (χ3v) is 21.0. The molecule has 0 aromatic carbocycles. The average Bonchev–Trinajstić information content (AvgIpc) is 3.98. The summed E-state index contributed by atoms with van der Waals surface area (Å²) in [6.07, 6.45) is 2.67. The number of hydrogen-bond acceptors (Lipinski definition) is 17. The Kier molecular flexibility index (Phi) is 16.0. The van der Waals surface area contributed by atoms with E-state index in [1.165, 1.54) is 26.4 Å². The Labute approximate surface area is 386 Å². The normalized spacial score (nSPS) is 38.6. The molecule has 0 spiro atoms. The van der Waals surface area contributed by atoms with Gasteiger partial charge < -0.3 is 25.3 Å². The Balaban J connectivity index is 0.000000133. The highest BCUT2D eigenvalue weighted by atomic mass is 35.7. The van der Waals surface area contributed by atoms with Gasteiger partial charge in [-0.05, 0) is 136 Å². The summed E-state index contributed by atoms with van der Waals surface area (Å²) in [5, 5.41) is 6.44. The van der Waals surface area contributed by atoms with Gasteiger partial charge in [0.05, 0.1) is 28.8 Å². The summed E-state index contributed by atoms with van der Waals surface area (Å²) in [4.78, 5) is 28.0. The van der Waals surface area contributed by atoms with Crippen LogP contribution in [-0.2, 0) is 58.4 Å². The van der Waals surface area contributed by atoms with E-state index in [1.54, 1.807) is 0 Å². The van der Waals surface area contributed by atoms with Gasteiger partial charge in [-0.15, -0.1) is 0 Å². The number of piperidine rings is 5. The summed E-state index contributed by atoms with van der Waals surface area (Å²) in [7, 11) is -4.13. The third-order valence-electron chi connectivity index (χ3n) is 15.0. The number of halogens is 1. The fourth-order valence-electron chi connectivity index (χ4n) is 11.9. The first-order chi connectivity index (χ1) is 29.4. The van der Waals surface area contributed by atoms with Gasteiger partial charge in [0.25, 0.3) is 0 Å². The van der Waals surface area contributed by atoms with Gasteiger partial charge in [-0.2, -0.15) is 0 Å². The molecule has 25 heteroatoms. The molecule has 2 amide bonds. The van der Waals surface area contributed by atoms with Crippen molar-refractivity contribution >= 4 is 71.3 Å². The number of carbonyl (C=O) groups is 2. The fourth-order valence-corrected chi connectivity index (χ4v) is 18.7. The quantitative estimate of drug-likeness (QED) is 0.152. The summed E-state index contributed by atoms with van der Waals surface area (Å²) in [6.45, 7) is 12.6. The molecule has 5 heterocycles. The molecule has 0 aromatic heterocycles. The molecule has 10 fully saturated rings. The SMILES string of the molecule is CC(=O)NS(=O)(=O)CC1C2CN(C)CC21.CC(=O)NS(=O)(=O)CC1C2CNCC21.CN1CC2C(C1)C2CS(=O)(=O)Cl.CN1CC2C(C1)C2CS(C)(=O)=O.CS(=O)(=O)CC1C2CNCC21. The largest absolute Gasteiger partial charge is 0.316 e. The zero-order valence-electron chi connectivity index (χ0n) is 37.9. The Hall–Kier alpha value is -1.22. The van der Waals surface area contributed by atoms with Crippen molar-refractivity contribution in [2.75, 3.05) is 128 Å². The number of carbonyl (C=O) groups excluding carboxylic acids is 2. The van der Waals surface area contributed by atoms with Gasteiger partial charge in [-0.25, -0.2) is 42.1 Å². The maximum absolute atomic E-state index is 11.5. The standard InChI is InChI=1S/C9H16N2O3S.C8H14N2O3S.C8H15NO2S.C7H12ClNO2S.C7H13NO2S/c1-6(12)10-15(13,14)5-9-7-3-11(2)4-8(7)9;1-5(11)10-14(12,13)4-8-6-2-9-3-7(6)8;1-9-3-6-7(4-9)8(6)5-12(2,10)11;1-9-2-5-6(3-9)7(5)4-12(8,10)11;1-11(9,10)4-7-5-2-8-3-6(5)7/h7-9H,3-5H2,1-2H3,(H,10,12);6-9H,2-4H2,1H3,(H,10,11);6-8H,3-5H2,1-2H3;5-7H,2-4H2,1H3;5-8H,2-4H2,1H3. The molecular formula is C39H70ClN7O12S5. The Morgan fingerprint density at radius 2 is 0.688 bits per heavy atom. The molecule has 0 aromatic rings. The average molecular weight is 1020 g/mol. The van der Waals surface area contributed by atoms with Crippen LogP contribution in [0.1, 0.15) is 13.8 Å². The number of likely N-dealkylation sites (tertiary alicyclic amines) is 3. The predicted octanol–water partition coefficient (Wildman–Crippen LogP) is -2.12. The first kappa shape index (κ1) is 52.2. The molecule has 10 rings (SSSR count). The highest BCUT2D eigenvalue weighted by molar-refractivity contribution is 8.13. The van der Waals surface area contributed by atoms with Crippen LogP contribution in [0.3, 0.4) is 0 Å². The lowest BCUT2D eigenvalue weighted by Gasteiger charge is -2.12. The smallest absolute Gasteiger partial charge is 0.235 e. The van der Waals surface area contributed by atoms with Gasteiger partial charge in [0.1, 0.15) is 19.7 Å². The Morgan fingerprint density at radius 3 is 0.938 bits per heavy atom. The van der Waals surface area contributed by atoms with Crippen molar-refractivity contribution in [2.24, 2.45) is 88.8 Å². The third kappa shape index (κ3) is 15.1. The molecule has 5 aliphatic heterocycles. The molecule has 19 nitrogen and oxygen atoms in total. The van der Waals surface area contributed by atoms with Gasteiger partial charge in [-0.1, -0.05) is 0 Å². The Bertz CT molecular complexity index is 2190. The van der Waals surface area contributed by atoms with Crippen molar-refractivity contribution in [1.29, 1.82) is 0 Å². The van der Waals surface area contributed by atoms with E-state index in [-0.39, 0.29) is 29.1 Å². The first-order valence-electron chi connectivity index (χ1n) is 22.2. The maximum Gasteiger partial charge on any atom is 0.235 e. The number of hydrogen-bond donors (Lipinski definition) is 4. The van der Waals surface area contributed by atoms with Crippen LogP contribution >= 0.6 is 10.7 Å². The molecule has 10 atom stereocenters. The van der Waals surface area contributed by atoms with Gasteiger partial charge in [0.2, 0.25) is 40.9 Å². The molecule has 0 radical (unpaired) electrons. The molecule has 5 aliphatic carbocycles. The number of rotatable bonds is 12. The maximum atomic E-state index is 11.5. The number of amides is 2. The summed E-state index contributed by atoms with van der Waals surface area (Å²) in [6, 6.07) is 0. The van der Waals surface area contributed by atoms with Gasteiger partial charge in [0, 0.05) is 76.3 Å².